The van der Waals surface area contributed by atoms with Crippen molar-refractivity contribution < 1.29 is 0 Å². The molecule has 1 aromatic rings. The Kier molecular flexibility index (Phi) is 3.78. The predicted molar refractivity (Wildman–Crippen MR) is 66.9 cm³/mol. The quantitative estimate of drug-likeness (QED) is 0.681. The fourth-order valence-corrected chi connectivity index (χ4v) is 1.50. The molecule has 0 bridgehead atoms. The molecule has 2 heteroatoms. The van der Waals surface area contributed by atoms with Crippen molar-refractivity contribution in [2.75, 3.05) is 0 Å². The van der Waals surface area contributed by atoms with Crippen LogP contribution in [0.5, 0.6) is 0 Å². The molecule has 0 atom stereocenters. The van der Waals surface area contributed by atoms with Gasteiger partial charge in [0.15, 0.2) is 0 Å². The first kappa shape index (κ1) is 11.6. The number of pyridine rings is 1. The van der Waals surface area contributed by atoms with E-state index >= 15 is 0 Å². The van der Waals surface area contributed by atoms with Crippen LogP contribution in [0.2, 0.25) is 0 Å². The zero-order chi connectivity index (χ0) is 11.4. The Morgan fingerprint density at radius 2 is 2.13 bits per heavy atom. The molecular formula is C13H18N2. The van der Waals surface area contributed by atoms with E-state index < -0.39 is 0 Å². The molecule has 1 aromatic heterocycles. The fourth-order valence-electron chi connectivity index (χ4n) is 1.50. The van der Waals surface area contributed by atoms with Crippen LogP contribution >= 0.6 is 0 Å². The van der Waals surface area contributed by atoms with Gasteiger partial charge in [-0.15, -0.1) is 0 Å². The van der Waals surface area contributed by atoms with Crippen molar-refractivity contribution >= 4 is 18.5 Å². The van der Waals surface area contributed by atoms with Crippen LogP contribution in [0.1, 0.15) is 44.9 Å². The topological polar surface area (TPSA) is 25.2 Å². The van der Waals surface area contributed by atoms with Crippen molar-refractivity contribution in [2.24, 2.45) is 4.99 Å². The van der Waals surface area contributed by atoms with E-state index in [4.69, 9.17) is 0 Å². The molecule has 15 heavy (non-hydrogen) atoms. The largest absolute Gasteiger partial charge is 0.262 e. The first-order valence-electron chi connectivity index (χ1n) is 5.16. The van der Waals surface area contributed by atoms with Crippen molar-refractivity contribution in [2.45, 2.75) is 33.6 Å². The summed E-state index contributed by atoms with van der Waals surface area (Å²) in [5.41, 5.74) is 4.24. The molecule has 0 amide bonds. The van der Waals surface area contributed by atoms with Crippen LogP contribution in [0.25, 0.3) is 6.08 Å². The summed E-state index contributed by atoms with van der Waals surface area (Å²) in [6, 6.07) is 2.01. The summed E-state index contributed by atoms with van der Waals surface area (Å²) < 4.78 is 0. The van der Waals surface area contributed by atoms with Crippen molar-refractivity contribution in [3.05, 3.63) is 29.1 Å². The van der Waals surface area contributed by atoms with Crippen LogP contribution in [0.15, 0.2) is 22.8 Å². The van der Waals surface area contributed by atoms with Gasteiger partial charge in [-0.2, -0.15) is 0 Å². The minimum atomic E-state index is 0.442. The Morgan fingerprint density at radius 3 is 2.60 bits per heavy atom. The van der Waals surface area contributed by atoms with E-state index in [9.17, 15) is 0 Å². The minimum absolute atomic E-state index is 0.442. The van der Waals surface area contributed by atoms with Gasteiger partial charge in [-0.3, -0.25) is 9.98 Å². The first-order valence-corrected chi connectivity index (χ1v) is 5.16. The lowest BCUT2D eigenvalue weighted by Crippen LogP contribution is -1.92. The van der Waals surface area contributed by atoms with Gasteiger partial charge in [-0.1, -0.05) is 19.4 Å². The SMILES string of the molecule is C=Nc1c(C(C)C)ccnc1C=C(C)C. The molecule has 0 aliphatic heterocycles. The Labute approximate surface area is 91.8 Å². The standard InChI is InChI=1S/C13H18N2/c1-9(2)8-12-13(14-5)11(10(3)4)6-7-15-12/h6-8,10H,5H2,1-4H3. The molecule has 0 fully saturated rings. The lowest BCUT2D eigenvalue weighted by molar-refractivity contribution is 0.862. The molecule has 1 rings (SSSR count). The first-order chi connectivity index (χ1) is 7.06. The third-order valence-corrected chi connectivity index (χ3v) is 2.19. The number of aromatic nitrogens is 1. The minimum Gasteiger partial charge on any atom is -0.262 e. The summed E-state index contributed by atoms with van der Waals surface area (Å²) in [5, 5.41) is 0. The summed E-state index contributed by atoms with van der Waals surface area (Å²) in [7, 11) is 0. The number of hydrogen-bond acceptors (Lipinski definition) is 2. The lowest BCUT2D eigenvalue weighted by Gasteiger charge is -2.10. The van der Waals surface area contributed by atoms with Gasteiger partial charge in [0.2, 0.25) is 0 Å². The summed E-state index contributed by atoms with van der Waals surface area (Å²) in [4.78, 5) is 8.41. The van der Waals surface area contributed by atoms with E-state index in [0.29, 0.717) is 5.92 Å². The van der Waals surface area contributed by atoms with Gasteiger partial charge in [0, 0.05) is 6.20 Å². The Morgan fingerprint density at radius 1 is 1.47 bits per heavy atom. The molecule has 0 aromatic carbocycles. The second-order valence-corrected chi connectivity index (χ2v) is 4.17. The third-order valence-electron chi connectivity index (χ3n) is 2.19. The van der Waals surface area contributed by atoms with Gasteiger partial charge in [-0.25, -0.2) is 0 Å². The van der Waals surface area contributed by atoms with E-state index in [0.717, 1.165) is 11.4 Å². The number of aliphatic imine (C=N–C) groups is 1. The monoisotopic (exact) mass is 202 g/mol. The van der Waals surface area contributed by atoms with Gasteiger partial charge in [0.1, 0.15) is 0 Å². The molecule has 0 radical (unpaired) electrons. The van der Waals surface area contributed by atoms with Crippen LogP contribution in [-0.2, 0) is 0 Å². The molecule has 0 saturated heterocycles. The average Bonchev–Trinajstić information content (AvgIpc) is 2.16. The fraction of sp³-hybridized carbons (Fsp3) is 0.385. The lowest BCUT2D eigenvalue weighted by atomic mass is 10.0. The van der Waals surface area contributed by atoms with E-state index in [2.05, 4.69) is 44.4 Å². The zero-order valence-corrected chi connectivity index (χ0v) is 9.91. The van der Waals surface area contributed by atoms with Gasteiger partial charge in [-0.05, 0) is 44.2 Å². The van der Waals surface area contributed by atoms with Gasteiger partial charge < -0.3 is 0 Å². The second kappa shape index (κ2) is 4.87. The summed E-state index contributed by atoms with van der Waals surface area (Å²) in [6.45, 7) is 12.0. The Bertz CT molecular complexity index is 386. The van der Waals surface area contributed by atoms with E-state index in [1.165, 1.54) is 11.1 Å². The third kappa shape index (κ3) is 2.75. The highest BCUT2D eigenvalue weighted by atomic mass is 14.8. The van der Waals surface area contributed by atoms with Crippen molar-refractivity contribution in [3.8, 4) is 0 Å². The van der Waals surface area contributed by atoms with Gasteiger partial charge in [0.05, 0.1) is 11.4 Å². The Balaban J connectivity index is 3.34. The highest BCUT2D eigenvalue weighted by Gasteiger charge is 2.09. The second-order valence-electron chi connectivity index (χ2n) is 4.17. The predicted octanol–water partition coefficient (Wildman–Crippen LogP) is 3.96. The highest BCUT2D eigenvalue weighted by molar-refractivity contribution is 5.67. The van der Waals surface area contributed by atoms with Crippen LogP contribution in [0, 0.1) is 0 Å². The molecule has 0 unspecified atom stereocenters. The van der Waals surface area contributed by atoms with Gasteiger partial charge in [0.25, 0.3) is 0 Å². The normalized spacial score (nSPS) is 10.2. The molecule has 1 heterocycles. The summed E-state index contributed by atoms with van der Waals surface area (Å²) in [6.07, 6.45) is 3.87. The summed E-state index contributed by atoms with van der Waals surface area (Å²) >= 11 is 0. The van der Waals surface area contributed by atoms with Crippen LogP contribution in [-0.4, -0.2) is 11.7 Å². The molecule has 0 N–H and O–H groups in total. The molecule has 0 aliphatic carbocycles. The maximum absolute atomic E-state index is 4.32. The molecule has 0 spiro atoms. The van der Waals surface area contributed by atoms with Gasteiger partial charge >= 0.3 is 0 Å². The zero-order valence-electron chi connectivity index (χ0n) is 9.91. The smallest absolute Gasteiger partial charge is 0.0913 e. The number of rotatable bonds is 3. The molecule has 80 valence electrons. The van der Waals surface area contributed by atoms with Crippen LogP contribution in [0.4, 0.5) is 5.69 Å². The van der Waals surface area contributed by atoms with E-state index in [1.807, 2.05) is 18.3 Å². The number of hydrogen-bond donors (Lipinski definition) is 0. The average molecular weight is 202 g/mol. The molecular weight excluding hydrogens is 184 g/mol. The van der Waals surface area contributed by atoms with Crippen LogP contribution < -0.4 is 0 Å². The Hall–Kier alpha value is -1.44. The number of allylic oxidation sites excluding steroid dienone is 1. The van der Waals surface area contributed by atoms with Crippen molar-refractivity contribution in [3.63, 3.8) is 0 Å². The number of nitrogens with zero attached hydrogens (tertiary/aromatic N) is 2. The maximum atomic E-state index is 4.32. The van der Waals surface area contributed by atoms with Crippen molar-refractivity contribution in [1.29, 1.82) is 0 Å². The van der Waals surface area contributed by atoms with E-state index in [1.54, 1.807) is 0 Å². The molecule has 0 saturated carbocycles. The molecule has 0 aliphatic rings. The van der Waals surface area contributed by atoms with E-state index in [-0.39, 0.29) is 0 Å². The van der Waals surface area contributed by atoms with Crippen molar-refractivity contribution in [1.82, 2.24) is 4.98 Å². The maximum Gasteiger partial charge on any atom is 0.0913 e. The molecule has 2 nitrogen and oxygen atoms in total. The van der Waals surface area contributed by atoms with Crippen LogP contribution in [0.3, 0.4) is 0 Å². The summed E-state index contributed by atoms with van der Waals surface area (Å²) in [5.74, 6) is 0.442. The highest BCUT2D eigenvalue weighted by Crippen LogP contribution is 2.29.